The molecule has 0 saturated carbocycles. The fourth-order valence-electron chi connectivity index (χ4n) is 3.15. The Bertz CT molecular complexity index is 702. The third kappa shape index (κ3) is 2.53. The van der Waals surface area contributed by atoms with Crippen molar-refractivity contribution in [3.63, 3.8) is 0 Å². The quantitative estimate of drug-likeness (QED) is 0.883. The molecule has 0 aliphatic carbocycles. The number of nitrogens with one attached hydrogen (secondary N) is 1. The van der Waals surface area contributed by atoms with E-state index in [2.05, 4.69) is 5.32 Å². The number of carbonyl (C=O) groups excluding carboxylic acids is 1. The van der Waals surface area contributed by atoms with E-state index in [1.54, 1.807) is 34.5 Å². The van der Waals surface area contributed by atoms with Crippen molar-refractivity contribution in [2.24, 2.45) is 0 Å². The van der Waals surface area contributed by atoms with Crippen molar-refractivity contribution in [3.05, 3.63) is 23.8 Å². The van der Waals surface area contributed by atoms with Crippen molar-refractivity contribution in [3.8, 4) is 0 Å². The minimum absolute atomic E-state index is 0.00207. The van der Waals surface area contributed by atoms with Gasteiger partial charge in [0, 0.05) is 31.9 Å². The van der Waals surface area contributed by atoms with E-state index in [1.165, 1.54) is 0 Å². The Morgan fingerprint density at radius 3 is 2.82 bits per heavy atom. The molecule has 6 nitrogen and oxygen atoms in total. The number of amides is 1. The lowest BCUT2D eigenvalue weighted by Gasteiger charge is -2.31. The summed E-state index contributed by atoms with van der Waals surface area (Å²) in [5.41, 5.74) is 1.59. The van der Waals surface area contributed by atoms with Gasteiger partial charge in [0.1, 0.15) is 0 Å². The summed E-state index contributed by atoms with van der Waals surface area (Å²) in [4.78, 5) is 13.6. The highest BCUT2D eigenvalue weighted by molar-refractivity contribution is 7.89. The van der Waals surface area contributed by atoms with Crippen LogP contribution in [0.1, 0.15) is 18.4 Å². The molecule has 120 valence electrons. The van der Waals surface area contributed by atoms with Gasteiger partial charge in [0.05, 0.1) is 11.3 Å². The summed E-state index contributed by atoms with van der Waals surface area (Å²) < 4.78 is 27.2. The third-order valence-electron chi connectivity index (χ3n) is 4.56. The summed E-state index contributed by atoms with van der Waals surface area (Å²) in [7, 11) is 0.0735. The van der Waals surface area contributed by atoms with Gasteiger partial charge >= 0.3 is 0 Å². The molecular formula is C15H21N3O3S. The Morgan fingerprint density at radius 2 is 2.09 bits per heavy atom. The Hall–Kier alpha value is -1.44. The summed E-state index contributed by atoms with van der Waals surface area (Å²) in [6.45, 7) is 1.05. The molecule has 1 N–H and O–H groups in total. The van der Waals surface area contributed by atoms with E-state index >= 15 is 0 Å². The van der Waals surface area contributed by atoms with Crippen LogP contribution in [-0.2, 0) is 21.2 Å². The number of nitrogens with zero attached hydrogens (tertiary/aromatic N) is 2. The molecule has 1 fully saturated rings. The summed E-state index contributed by atoms with van der Waals surface area (Å²) in [6.07, 6.45) is 2.12. The van der Waals surface area contributed by atoms with Gasteiger partial charge in [-0.05, 0) is 43.7 Å². The molecule has 7 heteroatoms. The van der Waals surface area contributed by atoms with Crippen molar-refractivity contribution < 1.29 is 13.2 Å². The zero-order chi connectivity index (χ0) is 15.9. The zero-order valence-corrected chi connectivity index (χ0v) is 13.7. The van der Waals surface area contributed by atoms with E-state index in [-0.39, 0.29) is 23.3 Å². The van der Waals surface area contributed by atoms with Crippen LogP contribution in [0.4, 0.5) is 5.69 Å². The number of benzene rings is 1. The Morgan fingerprint density at radius 1 is 1.32 bits per heavy atom. The molecule has 1 atom stereocenters. The first kappa shape index (κ1) is 15.5. The van der Waals surface area contributed by atoms with Gasteiger partial charge in [0.15, 0.2) is 0 Å². The summed E-state index contributed by atoms with van der Waals surface area (Å²) >= 11 is 0. The van der Waals surface area contributed by atoms with Gasteiger partial charge in [-0.15, -0.1) is 0 Å². The number of piperidine rings is 1. The molecule has 1 aromatic rings. The molecule has 1 aromatic carbocycles. The van der Waals surface area contributed by atoms with Crippen LogP contribution in [0.15, 0.2) is 23.1 Å². The molecule has 3 rings (SSSR count). The fraction of sp³-hybridized carbons (Fsp3) is 0.533. The second kappa shape index (κ2) is 5.64. The van der Waals surface area contributed by atoms with Crippen LogP contribution in [-0.4, -0.2) is 51.9 Å². The van der Waals surface area contributed by atoms with Gasteiger partial charge in [0.2, 0.25) is 15.9 Å². The van der Waals surface area contributed by atoms with Crippen LogP contribution in [0.3, 0.4) is 0 Å². The summed E-state index contributed by atoms with van der Waals surface area (Å²) in [5.74, 6) is -0.00207. The minimum atomic E-state index is -3.50. The largest absolute Gasteiger partial charge is 0.316 e. The van der Waals surface area contributed by atoms with E-state index in [0.717, 1.165) is 24.1 Å². The minimum Gasteiger partial charge on any atom is -0.316 e. The van der Waals surface area contributed by atoms with Crippen molar-refractivity contribution in [1.82, 2.24) is 9.62 Å². The lowest BCUT2D eigenvalue weighted by atomic mass is 10.1. The van der Waals surface area contributed by atoms with Crippen molar-refractivity contribution >= 4 is 21.6 Å². The normalized spacial score (nSPS) is 22.9. The smallest absolute Gasteiger partial charge is 0.243 e. The van der Waals surface area contributed by atoms with E-state index in [1.807, 2.05) is 7.05 Å². The first-order valence-corrected chi connectivity index (χ1v) is 8.94. The van der Waals surface area contributed by atoms with Gasteiger partial charge in [-0.2, -0.15) is 4.31 Å². The fourth-order valence-corrected chi connectivity index (χ4v) is 4.73. The van der Waals surface area contributed by atoms with Crippen LogP contribution < -0.4 is 10.2 Å². The number of anilines is 1. The maximum absolute atomic E-state index is 12.8. The molecule has 0 bridgehead atoms. The molecule has 0 spiro atoms. The van der Waals surface area contributed by atoms with E-state index in [9.17, 15) is 13.2 Å². The van der Waals surface area contributed by atoms with E-state index < -0.39 is 10.0 Å². The number of rotatable bonds is 3. The number of carbonyl (C=O) groups is 1. The maximum atomic E-state index is 12.8. The lowest BCUT2D eigenvalue weighted by Crippen LogP contribution is -2.46. The number of hydrogen-bond donors (Lipinski definition) is 1. The predicted molar refractivity (Wildman–Crippen MR) is 84.4 cm³/mol. The Kier molecular flexibility index (Phi) is 3.96. The first-order valence-electron chi connectivity index (χ1n) is 7.50. The van der Waals surface area contributed by atoms with Gasteiger partial charge in [-0.3, -0.25) is 4.79 Å². The van der Waals surface area contributed by atoms with Crippen LogP contribution in [0.5, 0.6) is 0 Å². The first-order chi connectivity index (χ1) is 10.4. The van der Waals surface area contributed by atoms with Crippen LogP contribution in [0, 0.1) is 0 Å². The molecule has 1 unspecified atom stereocenters. The second-order valence-electron chi connectivity index (χ2n) is 5.91. The monoisotopic (exact) mass is 323 g/mol. The van der Waals surface area contributed by atoms with Gasteiger partial charge in [0.25, 0.3) is 0 Å². The van der Waals surface area contributed by atoms with Gasteiger partial charge in [-0.1, -0.05) is 0 Å². The average molecular weight is 323 g/mol. The van der Waals surface area contributed by atoms with Crippen molar-refractivity contribution in [2.45, 2.75) is 30.2 Å². The third-order valence-corrected chi connectivity index (χ3v) is 6.42. The van der Waals surface area contributed by atoms with Crippen LogP contribution in [0.2, 0.25) is 0 Å². The predicted octanol–water partition coefficient (Wildman–Crippen LogP) is 0.578. The van der Waals surface area contributed by atoms with Crippen molar-refractivity contribution in [2.75, 3.05) is 32.1 Å². The SMILES string of the molecule is CNC1CCCN(S(=O)(=O)c2ccc3c(c2)CC(=O)N3C)C1. The highest BCUT2D eigenvalue weighted by atomic mass is 32.2. The maximum Gasteiger partial charge on any atom is 0.243 e. The molecule has 1 amide bonds. The molecule has 0 radical (unpaired) electrons. The molecule has 2 aliphatic rings. The van der Waals surface area contributed by atoms with Gasteiger partial charge in [-0.25, -0.2) is 8.42 Å². The van der Waals surface area contributed by atoms with E-state index in [4.69, 9.17) is 0 Å². The Labute approximate surface area is 131 Å². The topological polar surface area (TPSA) is 69.7 Å². The second-order valence-corrected chi connectivity index (χ2v) is 7.85. The summed E-state index contributed by atoms with van der Waals surface area (Å²) in [5, 5.41) is 3.15. The average Bonchev–Trinajstić information content (AvgIpc) is 2.81. The summed E-state index contributed by atoms with van der Waals surface area (Å²) in [6, 6.07) is 5.18. The molecule has 2 aliphatic heterocycles. The van der Waals surface area contributed by atoms with Gasteiger partial charge < -0.3 is 10.2 Å². The van der Waals surface area contributed by atoms with Crippen LogP contribution in [0.25, 0.3) is 0 Å². The highest BCUT2D eigenvalue weighted by Crippen LogP contribution is 2.31. The highest BCUT2D eigenvalue weighted by Gasteiger charge is 2.32. The number of likely N-dealkylation sites (N-methyl/N-ethyl adjacent to an activating group) is 2. The van der Waals surface area contributed by atoms with Crippen LogP contribution >= 0.6 is 0 Å². The molecule has 22 heavy (non-hydrogen) atoms. The molecule has 1 saturated heterocycles. The van der Waals surface area contributed by atoms with Crippen molar-refractivity contribution in [1.29, 1.82) is 0 Å². The number of hydrogen-bond acceptors (Lipinski definition) is 4. The number of sulfonamides is 1. The zero-order valence-electron chi connectivity index (χ0n) is 12.9. The standard InChI is InChI=1S/C15H21N3O3S/c1-16-12-4-3-7-18(10-12)22(20,21)13-5-6-14-11(8-13)9-15(19)17(14)2/h5-6,8,12,16H,3-4,7,9-10H2,1-2H3. The lowest BCUT2D eigenvalue weighted by molar-refractivity contribution is -0.117. The molecule has 2 heterocycles. The Balaban J connectivity index is 1.90. The molecular weight excluding hydrogens is 302 g/mol. The molecule has 0 aromatic heterocycles. The number of fused-ring (bicyclic) bond motifs is 1. The van der Waals surface area contributed by atoms with E-state index in [0.29, 0.717) is 13.1 Å².